The van der Waals surface area contributed by atoms with Crippen molar-refractivity contribution in [2.24, 2.45) is 11.8 Å². The number of fused-ring (bicyclic) bond motifs is 5. The fourth-order valence-corrected chi connectivity index (χ4v) is 8.80. The van der Waals surface area contributed by atoms with Crippen LogP contribution in [0.4, 0.5) is 0 Å². The van der Waals surface area contributed by atoms with Crippen molar-refractivity contribution in [2.45, 2.75) is 54.7 Å². The van der Waals surface area contributed by atoms with Gasteiger partial charge >= 0.3 is 0 Å². The lowest BCUT2D eigenvalue weighted by molar-refractivity contribution is -0.0278. The molecule has 3 aromatic rings. The van der Waals surface area contributed by atoms with Crippen LogP contribution in [0.15, 0.2) is 89.8 Å². The van der Waals surface area contributed by atoms with Gasteiger partial charge in [-0.15, -0.1) is 0 Å². The smallest absolute Gasteiger partial charge is 0.244 e. The second-order valence-electron chi connectivity index (χ2n) is 9.86. The number of hydrogen-bond donors (Lipinski definition) is 1. The molecule has 3 aliphatic rings. The molecular weight excluding hydrogens is 430 g/mol. The number of sulfonamides is 1. The molecule has 0 unspecified atom stereocenters. The van der Waals surface area contributed by atoms with E-state index in [1.165, 1.54) is 11.1 Å². The minimum absolute atomic E-state index is 0.129. The molecule has 5 heteroatoms. The van der Waals surface area contributed by atoms with Crippen molar-refractivity contribution < 1.29 is 13.5 Å². The normalized spacial score (nSPS) is 32.5. The summed E-state index contributed by atoms with van der Waals surface area (Å²) < 4.78 is 29.0. The van der Waals surface area contributed by atoms with E-state index in [2.05, 4.69) is 36.4 Å². The molecular formula is C28H29NO3S. The third kappa shape index (κ3) is 3.45. The lowest BCUT2D eigenvalue weighted by Gasteiger charge is -2.51. The highest BCUT2D eigenvalue weighted by Crippen LogP contribution is 2.57. The summed E-state index contributed by atoms with van der Waals surface area (Å²) in [6.45, 7) is 0. The molecule has 0 bridgehead atoms. The Bertz CT molecular complexity index is 1240. The van der Waals surface area contributed by atoms with E-state index in [9.17, 15) is 13.5 Å². The van der Waals surface area contributed by atoms with Gasteiger partial charge in [-0.3, -0.25) is 0 Å². The first-order valence-electron chi connectivity index (χ1n) is 11.9. The molecule has 2 heterocycles. The maximum atomic E-state index is 13.6. The van der Waals surface area contributed by atoms with Gasteiger partial charge in [0, 0.05) is 6.04 Å². The van der Waals surface area contributed by atoms with Crippen LogP contribution in [0.2, 0.25) is 0 Å². The summed E-state index contributed by atoms with van der Waals surface area (Å²) in [5, 5.41) is 11.2. The predicted molar refractivity (Wildman–Crippen MR) is 128 cm³/mol. The Labute approximate surface area is 195 Å². The van der Waals surface area contributed by atoms with E-state index in [0.29, 0.717) is 11.3 Å². The van der Waals surface area contributed by atoms with Gasteiger partial charge in [0.25, 0.3) is 0 Å². The Hall–Kier alpha value is -2.47. The number of benzene rings is 3. The van der Waals surface area contributed by atoms with Gasteiger partial charge in [-0.25, -0.2) is 8.42 Å². The lowest BCUT2D eigenvalue weighted by atomic mass is 9.63. The Kier molecular flexibility index (Phi) is 5.17. The molecule has 0 amide bonds. The van der Waals surface area contributed by atoms with E-state index in [-0.39, 0.29) is 29.8 Å². The standard InChI is InChI=1S/C28H29NO3S/c30-27-18-26-24(16-21(27)15-19-9-3-1-4-10-19)23(20-11-5-2-6-12-20)17-25-22-13-7-8-14-28(22)33(31,32)29(25)26/h1-14,21,23-27,30H,15-18H2/t21-,23+,24-,25-,26-,27+/m1/s1. The zero-order chi connectivity index (χ0) is 22.6. The topological polar surface area (TPSA) is 57.6 Å². The van der Waals surface area contributed by atoms with Crippen molar-refractivity contribution in [1.82, 2.24) is 4.31 Å². The molecule has 6 rings (SSSR count). The summed E-state index contributed by atoms with van der Waals surface area (Å²) in [6.07, 6.45) is 2.42. The van der Waals surface area contributed by atoms with Gasteiger partial charge in [0.05, 0.1) is 17.0 Å². The first-order chi connectivity index (χ1) is 16.0. The van der Waals surface area contributed by atoms with Crippen LogP contribution in [0.25, 0.3) is 0 Å². The molecule has 33 heavy (non-hydrogen) atoms. The molecule has 1 aliphatic carbocycles. The Morgan fingerprint density at radius 3 is 2.24 bits per heavy atom. The van der Waals surface area contributed by atoms with Crippen molar-refractivity contribution in [1.29, 1.82) is 0 Å². The summed E-state index contributed by atoms with van der Waals surface area (Å²) in [5.74, 6) is 0.582. The van der Waals surface area contributed by atoms with Gasteiger partial charge in [-0.05, 0) is 66.2 Å². The van der Waals surface area contributed by atoms with Gasteiger partial charge < -0.3 is 5.11 Å². The Morgan fingerprint density at radius 2 is 1.48 bits per heavy atom. The fraction of sp³-hybridized carbons (Fsp3) is 0.357. The van der Waals surface area contributed by atoms with Crippen molar-refractivity contribution >= 4 is 10.0 Å². The van der Waals surface area contributed by atoms with Crippen LogP contribution < -0.4 is 0 Å². The first kappa shape index (κ1) is 21.1. The molecule has 1 N–H and O–H groups in total. The van der Waals surface area contributed by atoms with Crippen LogP contribution >= 0.6 is 0 Å². The van der Waals surface area contributed by atoms with Gasteiger partial charge in [0.1, 0.15) is 0 Å². The van der Waals surface area contributed by atoms with E-state index in [1.54, 1.807) is 10.4 Å². The van der Waals surface area contributed by atoms with Crippen LogP contribution in [0.3, 0.4) is 0 Å². The second kappa shape index (κ2) is 8.08. The molecule has 1 saturated carbocycles. The lowest BCUT2D eigenvalue weighted by Crippen LogP contribution is -2.55. The Morgan fingerprint density at radius 1 is 0.818 bits per heavy atom. The fourth-order valence-electron chi connectivity index (χ4n) is 6.69. The quantitative estimate of drug-likeness (QED) is 0.605. The second-order valence-corrected chi connectivity index (χ2v) is 11.7. The molecule has 6 atom stereocenters. The maximum Gasteiger partial charge on any atom is 0.244 e. The number of hydrogen-bond acceptors (Lipinski definition) is 3. The maximum absolute atomic E-state index is 13.6. The zero-order valence-electron chi connectivity index (χ0n) is 18.5. The molecule has 0 spiro atoms. The number of aliphatic hydroxyl groups is 1. The highest BCUT2D eigenvalue weighted by molar-refractivity contribution is 7.89. The number of aliphatic hydroxyl groups excluding tert-OH is 1. The average Bonchev–Trinajstić information content (AvgIpc) is 3.07. The van der Waals surface area contributed by atoms with Crippen LogP contribution in [-0.4, -0.2) is 30.0 Å². The first-order valence-corrected chi connectivity index (χ1v) is 13.4. The number of piperidine rings is 1. The minimum atomic E-state index is -3.56. The van der Waals surface area contributed by atoms with Gasteiger partial charge in [0.15, 0.2) is 0 Å². The molecule has 2 fully saturated rings. The van der Waals surface area contributed by atoms with E-state index in [0.717, 1.165) is 24.8 Å². The Balaban J connectivity index is 1.41. The van der Waals surface area contributed by atoms with Crippen LogP contribution in [0.1, 0.15) is 47.9 Å². The molecule has 0 aromatic heterocycles. The van der Waals surface area contributed by atoms with Gasteiger partial charge in [-0.1, -0.05) is 78.9 Å². The van der Waals surface area contributed by atoms with Gasteiger partial charge in [-0.2, -0.15) is 4.31 Å². The highest BCUT2D eigenvalue weighted by Gasteiger charge is 2.56. The SMILES string of the molecule is O=S1(=O)c2ccccc2[C@H]2C[C@@H](c3ccccc3)[C@H]3C[C@@H](Cc4ccccc4)[C@@H](O)C[C@H]3N21. The zero-order valence-corrected chi connectivity index (χ0v) is 19.3. The van der Waals surface area contributed by atoms with E-state index in [1.807, 2.05) is 42.5 Å². The van der Waals surface area contributed by atoms with Crippen LogP contribution in [0, 0.1) is 11.8 Å². The molecule has 2 aliphatic heterocycles. The van der Waals surface area contributed by atoms with Crippen molar-refractivity contribution in [2.75, 3.05) is 0 Å². The molecule has 170 valence electrons. The predicted octanol–water partition coefficient (Wildman–Crippen LogP) is 4.92. The molecule has 0 radical (unpaired) electrons. The average molecular weight is 460 g/mol. The molecule has 3 aromatic carbocycles. The van der Waals surface area contributed by atoms with E-state index < -0.39 is 16.1 Å². The van der Waals surface area contributed by atoms with Crippen molar-refractivity contribution in [3.05, 3.63) is 102 Å². The largest absolute Gasteiger partial charge is 0.393 e. The minimum Gasteiger partial charge on any atom is -0.393 e. The van der Waals surface area contributed by atoms with Crippen molar-refractivity contribution in [3.8, 4) is 0 Å². The summed E-state index contributed by atoms with van der Waals surface area (Å²) in [4.78, 5) is 0.448. The number of nitrogens with zero attached hydrogens (tertiary/aromatic N) is 1. The summed E-state index contributed by atoms with van der Waals surface area (Å²) in [6, 6.07) is 28.0. The summed E-state index contributed by atoms with van der Waals surface area (Å²) >= 11 is 0. The third-order valence-electron chi connectivity index (χ3n) is 8.13. The summed E-state index contributed by atoms with van der Waals surface area (Å²) in [7, 11) is -3.56. The van der Waals surface area contributed by atoms with Crippen LogP contribution in [0.5, 0.6) is 0 Å². The molecule has 4 nitrogen and oxygen atoms in total. The van der Waals surface area contributed by atoms with Gasteiger partial charge in [0.2, 0.25) is 10.0 Å². The summed E-state index contributed by atoms with van der Waals surface area (Å²) in [5.41, 5.74) is 3.42. The van der Waals surface area contributed by atoms with E-state index in [4.69, 9.17) is 0 Å². The van der Waals surface area contributed by atoms with Crippen LogP contribution in [-0.2, 0) is 16.4 Å². The van der Waals surface area contributed by atoms with Crippen molar-refractivity contribution in [3.63, 3.8) is 0 Å². The highest BCUT2D eigenvalue weighted by atomic mass is 32.2. The monoisotopic (exact) mass is 459 g/mol. The van der Waals surface area contributed by atoms with E-state index >= 15 is 0 Å². The molecule has 1 saturated heterocycles. The number of rotatable bonds is 3. The third-order valence-corrected chi connectivity index (χ3v) is 10.1.